The van der Waals surface area contributed by atoms with Crippen molar-refractivity contribution in [1.82, 2.24) is 5.32 Å². The number of hydrogen-bond acceptors (Lipinski definition) is 6. The van der Waals surface area contributed by atoms with Crippen molar-refractivity contribution in [3.63, 3.8) is 0 Å². The Balaban J connectivity index is 1.03. The van der Waals surface area contributed by atoms with Crippen LogP contribution in [0.2, 0.25) is 5.02 Å². The topological polar surface area (TPSA) is 94.1 Å². The lowest BCUT2D eigenvalue weighted by Crippen LogP contribution is -2.75. The molecule has 0 unspecified atom stereocenters. The molecule has 0 spiro atoms. The van der Waals surface area contributed by atoms with Gasteiger partial charge in [-0.2, -0.15) is 8.78 Å². The highest BCUT2D eigenvalue weighted by Gasteiger charge is 2.68. The minimum Gasteiger partial charge on any atom is -0.482 e. The molecule has 10 heteroatoms. The molecule has 186 valence electrons. The molecule has 1 amide bonds. The number of carbonyl (C=O) groups is 2. The summed E-state index contributed by atoms with van der Waals surface area (Å²) in [6.45, 7) is 0.588. The highest BCUT2D eigenvalue weighted by molar-refractivity contribution is 6.30. The molecule has 5 aliphatic rings. The zero-order valence-corrected chi connectivity index (χ0v) is 19.6. The minimum atomic E-state index is -3.16. The first-order valence-corrected chi connectivity index (χ1v) is 12.0. The van der Waals surface area contributed by atoms with E-state index in [9.17, 15) is 23.5 Å². The molecule has 0 aromatic heterocycles. The van der Waals surface area contributed by atoms with Crippen molar-refractivity contribution in [1.29, 1.82) is 0 Å². The number of alkyl halides is 2. The van der Waals surface area contributed by atoms with E-state index in [-0.39, 0.29) is 41.8 Å². The van der Waals surface area contributed by atoms with Gasteiger partial charge in [-0.25, -0.2) is 0 Å². The van der Waals surface area contributed by atoms with Crippen LogP contribution in [0.4, 0.5) is 8.78 Å². The fourth-order valence-electron chi connectivity index (χ4n) is 5.98. The third-order valence-electron chi connectivity index (χ3n) is 7.37. The molecule has 34 heavy (non-hydrogen) atoms. The van der Waals surface area contributed by atoms with Gasteiger partial charge in [-0.1, -0.05) is 11.6 Å². The molecule has 4 saturated carbocycles. The number of carbonyl (C=O) groups excluding carboxylic acids is 2. The van der Waals surface area contributed by atoms with Crippen LogP contribution in [-0.2, 0) is 19.1 Å². The number of aliphatic hydroxyl groups excluding tert-OH is 1. The summed E-state index contributed by atoms with van der Waals surface area (Å²) >= 11 is 5.98. The van der Waals surface area contributed by atoms with Crippen LogP contribution < -0.4 is 10.1 Å². The molecular formula is C24H28ClF2NO6. The normalized spacial score (nSPS) is 35.7. The van der Waals surface area contributed by atoms with Gasteiger partial charge < -0.3 is 24.6 Å². The van der Waals surface area contributed by atoms with E-state index >= 15 is 0 Å². The zero-order chi connectivity index (χ0) is 24.3. The maximum atomic E-state index is 12.9. The molecule has 2 bridgehead atoms. The predicted octanol–water partition coefficient (Wildman–Crippen LogP) is 3.70. The molecule has 0 radical (unpaired) electrons. The Morgan fingerprint density at radius 2 is 1.94 bits per heavy atom. The molecule has 1 aromatic carbocycles. The number of halogens is 3. The van der Waals surface area contributed by atoms with Crippen molar-refractivity contribution in [3.05, 3.63) is 28.8 Å². The molecule has 6 rings (SSSR count). The standard InChI is InChI=1S/C24H28ClF2NO6/c1-22(26,27)34-15-5-14(6-15)32-9-21(31)28-24-10-23(11-24,12-24)8-18(30)20-7-17(29)16-4-13(25)2-3-19(16)33-20/h2-4,14-15,17,20,29H,5-12H2,1H3,(H,28,31)/t14?,15?,17-,20+,23?,24?/m1/s1. The number of rotatable bonds is 9. The summed E-state index contributed by atoms with van der Waals surface area (Å²) in [5, 5.41) is 13.9. The van der Waals surface area contributed by atoms with Crippen molar-refractivity contribution < 1.29 is 37.7 Å². The monoisotopic (exact) mass is 499 g/mol. The van der Waals surface area contributed by atoms with E-state index in [1.165, 1.54) is 0 Å². The van der Waals surface area contributed by atoms with Gasteiger partial charge >= 0.3 is 6.11 Å². The van der Waals surface area contributed by atoms with Crippen LogP contribution in [0.5, 0.6) is 5.75 Å². The number of fused-ring (bicyclic) bond motifs is 1. The average Bonchev–Trinajstić information content (AvgIpc) is 2.66. The largest absolute Gasteiger partial charge is 0.482 e. The summed E-state index contributed by atoms with van der Waals surface area (Å²) in [5.74, 6) is 0.205. The number of nitrogens with one attached hydrogen (secondary N) is 1. The lowest BCUT2D eigenvalue weighted by Gasteiger charge is -2.70. The second kappa shape index (κ2) is 8.40. The second-order valence-electron chi connectivity index (χ2n) is 10.5. The van der Waals surface area contributed by atoms with Crippen LogP contribution in [0.25, 0.3) is 0 Å². The fourth-order valence-corrected chi connectivity index (χ4v) is 6.17. The Morgan fingerprint density at radius 3 is 2.62 bits per heavy atom. The van der Waals surface area contributed by atoms with Crippen molar-refractivity contribution in [2.24, 2.45) is 5.41 Å². The number of ether oxygens (including phenoxy) is 3. The van der Waals surface area contributed by atoms with Gasteiger partial charge in [-0.3, -0.25) is 9.59 Å². The molecule has 7 nitrogen and oxygen atoms in total. The summed E-state index contributed by atoms with van der Waals surface area (Å²) in [7, 11) is 0. The second-order valence-corrected chi connectivity index (χ2v) is 10.9. The van der Waals surface area contributed by atoms with Crippen LogP contribution in [0.1, 0.15) is 63.5 Å². The first-order chi connectivity index (χ1) is 15.9. The molecule has 1 aromatic rings. The van der Waals surface area contributed by atoms with E-state index in [2.05, 4.69) is 10.1 Å². The highest BCUT2D eigenvalue weighted by Crippen LogP contribution is 2.69. The van der Waals surface area contributed by atoms with Crippen molar-refractivity contribution >= 4 is 23.3 Å². The van der Waals surface area contributed by atoms with Gasteiger partial charge in [-0.05, 0) is 42.9 Å². The molecule has 1 heterocycles. The van der Waals surface area contributed by atoms with E-state index in [1.807, 2.05) is 0 Å². The molecule has 4 fully saturated rings. The summed E-state index contributed by atoms with van der Waals surface area (Å²) in [5.41, 5.74) is 0.190. The molecule has 1 aliphatic heterocycles. The number of ketones is 1. The van der Waals surface area contributed by atoms with E-state index in [4.69, 9.17) is 21.1 Å². The van der Waals surface area contributed by atoms with Gasteiger partial charge in [0, 0.05) is 48.7 Å². The third-order valence-corrected chi connectivity index (χ3v) is 7.60. The first kappa shape index (κ1) is 23.9. The number of Topliss-reactive ketones (excluding diaryl/α,β-unsaturated/α-hetero) is 1. The molecule has 0 saturated heterocycles. The van der Waals surface area contributed by atoms with Crippen molar-refractivity contribution in [3.8, 4) is 5.75 Å². The number of aliphatic hydroxyl groups is 1. The lowest BCUT2D eigenvalue weighted by atomic mass is 9.38. The summed E-state index contributed by atoms with van der Waals surface area (Å²) in [6.07, 6.45) is -2.01. The van der Waals surface area contributed by atoms with Crippen LogP contribution in [0.15, 0.2) is 18.2 Å². The van der Waals surface area contributed by atoms with E-state index < -0.39 is 24.4 Å². The molecule has 2 N–H and O–H groups in total. The number of hydrogen-bond donors (Lipinski definition) is 2. The SMILES string of the molecule is CC(F)(F)OC1CC(OCC(=O)NC23CC(CC(=O)[C@@H]4C[C@@H](O)c5cc(Cl)ccc5O4)(C2)C3)C1. The summed E-state index contributed by atoms with van der Waals surface area (Å²) in [6, 6.07) is 4.99. The van der Waals surface area contributed by atoms with Crippen LogP contribution >= 0.6 is 11.6 Å². The van der Waals surface area contributed by atoms with Crippen molar-refractivity contribution in [2.45, 2.75) is 87.9 Å². The van der Waals surface area contributed by atoms with E-state index in [0.717, 1.165) is 19.3 Å². The minimum absolute atomic E-state index is 0.0398. The van der Waals surface area contributed by atoms with Gasteiger partial charge in [0.2, 0.25) is 5.91 Å². The average molecular weight is 500 g/mol. The Bertz CT molecular complexity index is 972. The maximum Gasteiger partial charge on any atom is 0.353 e. The van der Waals surface area contributed by atoms with E-state index in [0.29, 0.717) is 42.5 Å². The maximum absolute atomic E-state index is 12.9. The highest BCUT2D eigenvalue weighted by atomic mass is 35.5. The smallest absolute Gasteiger partial charge is 0.353 e. The predicted molar refractivity (Wildman–Crippen MR) is 117 cm³/mol. The Labute approximate surface area is 201 Å². The van der Waals surface area contributed by atoms with Gasteiger partial charge in [0.1, 0.15) is 12.4 Å². The Hall–Kier alpha value is -1.81. The number of benzene rings is 1. The molecular weight excluding hydrogens is 472 g/mol. The molecule has 2 atom stereocenters. The molecule has 4 aliphatic carbocycles. The van der Waals surface area contributed by atoms with Gasteiger partial charge in [0.15, 0.2) is 11.9 Å². The van der Waals surface area contributed by atoms with Crippen LogP contribution in [-0.4, -0.2) is 53.4 Å². The Kier molecular flexibility index (Phi) is 5.90. The van der Waals surface area contributed by atoms with Gasteiger partial charge in [0.05, 0.1) is 18.3 Å². The van der Waals surface area contributed by atoms with Gasteiger partial charge in [0.25, 0.3) is 0 Å². The Morgan fingerprint density at radius 1 is 1.24 bits per heavy atom. The van der Waals surface area contributed by atoms with Crippen molar-refractivity contribution in [2.75, 3.05) is 6.61 Å². The number of amides is 1. The van der Waals surface area contributed by atoms with Crippen LogP contribution in [0, 0.1) is 5.41 Å². The summed E-state index contributed by atoms with van der Waals surface area (Å²) in [4.78, 5) is 25.2. The van der Waals surface area contributed by atoms with Crippen LogP contribution in [0.3, 0.4) is 0 Å². The quantitative estimate of drug-likeness (QED) is 0.538. The fraction of sp³-hybridized carbons (Fsp3) is 0.667. The zero-order valence-electron chi connectivity index (χ0n) is 18.8. The van der Waals surface area contributed by atoms with E-state index in [1.54, 1.807) is 18.2 Å². The first-order valence-electron chi connectivity index (χ1n) is 11.6. The third kappa shape index (κ3) is 4.80. The lowest BCUT2D eigenvalue weighted by molar-refractivity contribution is -0.275. The van der Waals surface area contributed by atoms with Gasteiger partial charge in [-0.15, -0.1) is 0 Å². The summed E-state index contributed by atoms with van der Waals surface area (Å²) < 4.78 is 41.5.